The van der Waals surface area contributed by atoms with E-state index in [0.717, 1.165) is 25.7 Å². The van der Waals surface area contributed by atoms with Gasteiger partial charge in [-0.3, -0.25) is 9.59 Å². The minimum absolute atomic E-state index is 0.129. The maximum atomic E-state index is 12.9. The van der Waals surface area contributed by atoms with Crippen LogP contribution in [0.15, 0.2) is 30.3 Å². The number of ether oxygens (including phenoxy) is 1. The van der Waals surface area contributed by atoms with Crippen molar-refractivity contribution in [2.75, 3.05) is 18.4 Å². The van der Waals surface area contributed by atoms with Gasteiger partial charge in [0.25, 0.3) is 5.91 Å². The number of benzene rings is 2. The number of nitrogens with zero attached hydrogens (tertiary/aromatic N) is 1. The van der Waals surface area contributed by atoms with Gasteiger partial charge in [0, 0.05) is 18.8 Å². The SMILES string of the molecule is Cc1cc(NC(=O)C(=O)O)cc(Cl)c1Oc1ccc(O)c(C(=O)N2CCCCCC2)c1. The van der Waals surface area contributed by atoms with E-state index in [9.17, 15) is 19.5 Å². The molecule has 1 aliphatic rings. The minimum atomic E-state index is -1.61. The van der Waals surface area contributed by atoms with Crippen LogP contribution in [-0.4, -0.2) is 46.0 Å². The van der Waals surface area contributed by atoms with Gasteiger partial charge < -0.3 is 25.2 Å². The molecule has 1 aliphatic heterocycles. The van der Waals surface area contributed by atoms with Gasteiger partial charge in [0.1, 0.15) is 17.2 Å². The molecule has 8 nitrogen and oxygen atoms in total. The predicted octanol–water partition coefficient (Wildman–Crippen LogP) is 4.19. The third kappa shape index (κ3) is 5.46. The lowest BCUT2D eigenvalue weighted by Crippen LogP contribution is -2.31. The Hall–Kier alpha value is -3.26. The van der Waals surface area contributed by atoms with Gasteiger partial charge in [-0.15, -0.1) is 0 Å². The standard InChI is InChI=1S/C22H23ClN2O6/c1-13-10-14(24-20(27)22(29)30)11-17(23)19(13)31-15-6-7-18(26)16(12-15)21(28)25-8-4-2-3-5-9-25/h6-7,10-12,26H,2-5,8-9H2,1H3,(H,24,27)(H,29,30). The van der Waals surface area contributed by atoms with Gasteiger partial charge in [0.15, 0.2) is 0 Å². The highest BCUT2D eigenvalue weighted by Gasteiger charge is 2.21. The van der Waals surface area contributed by atoms with E-state index in [1.54, 1.807) is 11.8 Å². The number of aryl methyl sites for hydroxylation is 1. The predicted molar refractivity (Wildman–Crippen MR) is 115 cm³/mol. The first-order chi connectivity index (χ1) is 14.8. The Labute approximate surface area is 184 Å². The molecule has 0 radical (unpaired) electrons. The molecule has 0 saturated carbocycles. The van der Waals surface area contributed by atoms with Crippen molar-refractivity contribution in [2.45, 2.75) is 32.6 Å². The highest BCUT2D eigenvalue weighted by molar-refractivity contribution is 6.37. The van der Waals surface area contributed by atoms with Crippen molar-refractivity contribution in [3.63, 3.8) is 0 Å². The summed E-state index contributed by atoms with van der Waals surface area (Å²) < 4.78 is 5.86. The molecule has 0 aliphatic carbocycles. The van der Waals surface area contributed by atoms with E-state index in [4.69, 9.17) is 21.4 Å². The molecule has 2 aromatic rings. The summed E-state index contributed by atoms with van der Waals surface area (Å²) in [6, 6.07) is 7.27. The lowest BCUT2D eigenvalue weighted by atomic mass is 10.1. The summed E-state index contributed by atoms with van der Waals surface area (Å²) in [7, 11) is 0. The molecular formula is C22H23ClN2O6. The van der Waals surface area contributed by atoms with E-state index in [1.165, 1.54) is 30.3 Å². The molecule has 0 aromatic heterocycles. The second kappa shape index (κ2) is 9.70. The van der Waals surface area contributed by atoms with Gasteiger partial charge in [-0.1, -0.05) is 24.4 Å². The number of likely N-dealkylation sites (tertiary alicyclic amines) is 1. The average molecular weight is 447 g/mol. The summed E-state index contributed by atoms with van der Waals surface area (Å²) in [6.07, 6.45) is 4.03. The van der Waals surface area contributed by atoms with Crippen LogP contribution in [0, 0.1) is 6.92 Å². The molecular weight excluding hydrogens is 424 g/mol. The Kier molecular flexibility index (Phi) is 7.02. The van der Waals surface area contributed by atoms with Crippen LogP contribution < -0.4 is 10.1 Å². The maximum Gasteiger partial charge on any atom is 0.394 e. The number of aromatic hydroxyl groups is 1. The van der Waals surface area contributed by atoms with E-state index >= 15 is 0 Å². The Balaban J connectivity index is 1.83. The van der Waals surface area contributed by atoms with Crippen molar-refractivity contribution < 1.29 is 29.3 Å². The molecule has 0 bridgehead atoms. The number of rotatable bonds is 4. The van der Waals surface area contributed by atoms with Crippen molar-refractivity contribution in [3.05, 3.63) is 46.5 Å². The molecule has 0 spiro atoms. The van der Waals surface area contributed by atoms with E-state index in [1.807, 2.05) is 0 Å². The molecule has 1 saturated heterocycles. The first-order valence-corrected chi connectivity index (χ1v) is 10.3. The zero-order chi connectivity index (χ0) is 22.5. The van der Waals surface area contributed by atoms with Gasteiger partial charge in [-0.25, -0.2) is 4.79 Å². The van der Waals surface area contributed by atoms with Crippen molar-refractivity contribution in [1.82, 2.24) is 4.90 Å². The van der Waals surface area contributed by atoms with Crippen LogP contribution in [-0.2, 0) is 9.59 Å². The van der Waals surface area contributed by atoms with Gasteiger partial charge >= 0.3 is 11.9 Å². The number of anilines is 1. The van der Waals surface area contributed by atoms with E-state index in [-0.39, 0.29) is 33.7 Å². The zero-order valence-corrected chi connectivity index (χ0v) is 17.7. The second-order valence-corrected chi connectivity index (χ2v) is 7.76. The third-order valence-electron chi connectivity index (χ3n) is 4.99. The van der Waals surface area contributed by atoms with Crippen molar-refractivity contribution in [1.29, 1.82) is 0 Å². The fraction of sp³-hybridized carbons (Fsp3) is 0.318. The maximum absolute atomic E-state index is 12.9. The number of phenolic OH excluding ortho intramolecular Hbond substituents is 1. The van der Waals surface area contributed by atoms with Crippen LogP contribution in [0.25, 0.3) is 0 Å². The second-order valence-electron chi connectivity index (χ2n) is 7.35. The van der Waals surface area contributed by atoms with Crippen LogP contribution in [0.1, 0.15) is 41.6 Å². The molecule has 2 aromatic carbocycles. The van der Waals surface area contributed by atoms with Crippen molar-refractivity contribution in [2.24, 2.45) is 0 Å². The third-order valence-corrected chi connectivity index (χ3v) is 5.27. The van der Waals surface area contributed by atoms with E-state index < -0.39 is 11.9 Å². The number of aliphatic carboxylic acids is 1. The van der Waals surface area contributed by atoms with Crippen LogP contribution in [0.3, 0.4) is 0 Å². The summed E-state index contributed by atoms with van der Waals surface area (Å²) in [5, 5.41) is 21.3. The normalized spacial score (nSPS) is 13.9. The molecule has 164 valence electrons. The number of amides is 2. The number of hydrogen-bond donors (Lipinski definition) is 3. The molecule has 1 heterocycles. The molecule has 31 heavy (non-hydrogen) atoms. The number of carboxylic acid groups (broad SMARTS) is 1. The number of hydrogen-bond acceptors (Lipinski definition) is 5. The van der Waals surface area contributed by atoms with E-state index in [2.05, 4.69) is 5.32 Å². The molecule has 3 N–H and O–H groups in total. The topological polar surface area (TPSA) is 116 Å². The first-order valence-electron chi connectivity index (χ1n) is 9.91. The Morgan fingerprint density at radius 1 is 1.06 bits per heavy atom. The smallest absolute Gasteiger partial charge is 0.394 e. The van der Waals surface area contributed by atoms with Crippen LogP contribution in [0.2, 0.25) is 5.02 Å². The number of nitrogens with one attached hydrogen (secondary N) is 1. The summed E-state index contributed by atoms with van der Waals surface area (Å²) in [5.41, 5.74) is 0.908. The molecule has 2 amide bonds. The summed E-state index contributed by atoms with van der Waals surface area (Å²) in [5.74, 6) is -2.58. The number of carbonyl (C=O) groups is 3. The van der Waals surface area contributed by atoms with Gasteiger partial charge in [0.05, 0.1) is 10.6 Å². The summed E-state index contributed by atoms with van der Waals surface area (Å²) in [4.78, 5) is 36.7. The lowest BCUT2D eigenvalue weighted by Gasteiger charge is -2.21. The van der Waals surface area contributed by atoms with Crippen LogP contribution >= 0.6 is 11.6 Å². The number of halogens is 1. The van der Waals surface area contributed by atoms with Gasteiger partial charge in [-0.2, -0.15) is 0 Å². The Morgan fingerprint density at radius 3 is 2.35 bits per heavy atom. The van der Waals surface area contributed by atoms with Crippen LogP contribution in [0.5, 0.6) is 17.2 Å². The Morgan fingerprint density at radius 2 is 1.74 bits per heavy atom. The highest BCUT2D eigenvalue weighted by Crippen LogP contribution is 2.37. The number of phenols is 1. The van der Waals surface area contributed by atoms with Crippen molar-refractivity contribution in [3.8, 4) is 17.2 Å². The molecule has 0 unspecified atom stereocenters. The minimum Gasteiger partial charge on any atom is -0.507 e. The highest BCUT2D eigenvalue weighted by atomic mass is 35.5. The van der Waals surface area contributed by atoms with Gasteiger partial charge in [-0.05, 0) is 55.7 Å². The zero-order valence-electron chi connectivity index (χ0n) is 17.0. The monoisotopic (exact) mass is 446 g/mol. The average Bonchev–Trinajstić information content (AvgIpc) is 3.01. The largest absolute Gasteiger partial charge is 0.507 e. The molecule has 3 rings (SSSR count). The van der Waals surface area contributed by atoms with Gasteiger partial charge in [0.2, 0.25) is 0 Å². The fourth-order valence-electron chi connectivity index (χ4n) is 3.43. The Bertz CT molecular complexity index is 992. The molecule has 1 fully saturated rings. The number of carboxylic acids is 1. The van der Waals surface area contributed by atoms with Crippen molar-refractivity contribution >= 4 is 35.1 Å². The first kappa shape index (κ1) is 22.4. The summed E-state index contributed by atoms with van der Waals surface area (Å²) >= 11 is 6.27. The molecule has 0 atom stereocenters. The lowest BCUT2D eigenvalue weighted by molar-refractivity contribution is -0.147. The number of carbonyl (C=O) groups excluding carboxylic acids is 2. The molecule has 9 heteroatoms. The fourth-order valence-corrected chi connectivity index (χ4v) is 3.73. The summed E-state index contributed by atoms with van der Waals surface area (Å²) in [6.45, 7) is 2.98. The quantitative estimate of drug-likeness (QED) is 0.606. The van der Waals surface area contributed by atoms with Crippen LogP contribution in [0.4, 0.5) is 5.69 Å². The van der Waals surface area contributed by atoms with E-state index in [0.29, 0.717) is 24.4 Å².